The number of nitrogens with one attached hydrogen (secondary N) is 1. The SMILES string of the molecule is CCNCC1CCC1c1cc2cccc(Cl)c2o1. The first kappa shape index (κ1) is 12.1. The third-order valence-corrected chi connectivity index (χ3v) is 4.25. The Labute approximate surface area is 112 Å². The molecule has 96 valence electrons. The van der Waals surface area contributed by atoms with Crippen molar-refractivity contribution in [1.29, 1.82) is 0 Å². The van der Waals surface area contributed by atoms with Crippen LogP contribution in [0.25, 0.3) is 11.0 Å². The number of para-hydroxylation sites is 1. The van der Waals surface area contributed by atoms with Gasteiger partial charge in [0.2, 0.25) is 0 Å². The molecule has 3 heteroatoms. The molecule has 1 aliphatic rings. The van der Waals surface area contributed by atoms with Crippen LogP contribution in [0, 0.1) is 5.92 Å². The van der Waals surface area contributed by atoms with Crippen molar-refractivity contribution in [2.45, 2.75) is 25.7 Å². The molecule has 0 amide bonds. The van der Waals surface area contributed by atoms with Crippen LogP contribution < -0.4 is 5.32 Å². The average molecular weight is 264 g/mol. The van der Waals surface area contributed by atoms with Crippen LogP contribution in [0.2, 0.25) is 5.02 Å². The number of rotatable bonds is 4. The lowest BCUT2D eigenvalue weighted by Gasteiger charge is -2.35. The molecule has 1 N–H and O–H groups in total. The Hall–Kier alpha value is -0.990. The summed E-state index contributed by atoms with van der Waals surface area (Å²) < 4.78 is 5.95. The summed E-state index contributed by atoms with van der Waals surface area (Å²) in [6.45, 7) is 4.27. The van der Waals surface area contributed by atoms with E-state index in [1.54, 1.807) is 0 Å². The Bertz CT molecular complexity index is 548. The molecule has 1 aromatic carbocycles. The van der Waals surface area contributed by atoms with Gasteiger partial charge in [0.1, 0.15) is 5.76 Å². The second-order valence-electron chi connectivity index (χ2n) is 5.06. The molecule has 2 nitrogen and oxygen atoms in total. The molecule has 0 aliphatic heterocycles. The Balaban J connectivity index is 1.84. The van der Waals surface area contributed by atoms with Gasteiger partial charge in [0.05, 0.1) is 5.02 Å². The van der Waals surface area contributed by atoms with Crippen molar-refractivity contribution < 1.29 is 4.42 Å². The van der Waals surface area contributed by atoms with E-state index in [-0.39, 0.29) is 0 Å². The molecule has 3 rings (SSSR count). The number of hydrogen-bond acceptors (Lipinski definition) is 2. The van der Waals surface area contributed by atoms with Crippen LogP contribution >= 0.6 is 11.6 Å². The Morgan fingerprint density at radius 1 is 1.39 bits per heavy atom. The molecule has 0 radical (unpaired) electrons. The van der Waals surface area contributed by atoms with Gasteiger partial charge in [-0.25, -0.2) is 0 Å². The Morgan fingerprint density at radius 3 is 2.94 bits per heavy atom. The largest absolute Gasteiger partial charge is 0.459 e. The summed E-state index contributed by atoms with van der Waals surface area (Å²) in [5, 5.41) is 5.25. The number of benzene rings is 1. The highest BCUT2D eigenvalue weighted by Gasteiger charge is 2.34. The summed E-state index contributed by atoms with van der Waals surface area (Å²) in [6.07, 6.45) is 2.52. The molecule has 2 unspecified atom stereocenters. The summed E-state index contributed by atoms with van der Waals surface area (Å²) in [6, 6.07) is 8.07. The molecule has 1 saturated carbocycles. The first-order chi connectivity index (χ1) is 8.79. The third kappa shape index (κ3) is 2.04. The zero-order valence-corrected chi connectivity index (χ0v) is 11.3. The van der Waals surface area contributed by atoms with Gasteiger partial charge < -0.3 is 9.73 Å². The van der Waals surface area contributed by atoms with E-state index in [9.17, 15) is 0 Å². The average Bonchev–Trinajstić information content (AvgIpc) is 2.73. The fourth-order valence-electron chi connectivity index (χ4n) is 2.75. The summed E-state index contributed by atoms with van der Waals surface area (Å²) >= 11 is 6.15. The van der Waals surface area contributed by atoms with Crippen molar-refractivity contribution in [3.05, 3.63) is 35.0 Å². The first-order valence-corrected chi connectivity index (χ1v) is 7.06. The van der Waals surface area contributed by atoms with Crippen LogP contribution in [0.4, 0.5) is 0 Å². The van der Waals surface area contributed by atoms with E-state index in [2.05, 4.69) is 24.4 Å². The lowest BCUT2D eigenvalue weighted by molar-refractivity contribution is 0.220. The van der Waals surface area contributed by atoms with Gasteiger partial charge in [0.25, 0.3) is 0 Å². The van der Waals surface area contributed by atoms with E-state index in [1.807, 2.05) is 12.1 Å². The zero-order valence-electron chi connectivity index (χ0n) is 10.6. The topological polar surface area (TPSA) is 25.2 Å². The molecular weight excluding hydrogens is 246 g/mol. The zero-order chi connectivity index (χ0) is 12.5. The van der Waals surface area contributed by atoms with Gasteiger partial charge in [-0.3, -0.25) is 0 Å². The highest BCUT2D eigenvalue weighted by molar-refractivity contribution is 6.34. The number of hydrogen-bond donors (Lipinski definition) is 1. The minimum absolute atomic E-state index is 0.563. The molecule has 0 saturated heterocycles. The van der Waals surface area contributed by atoms with Crippen LogP contribution in [0.15, 0.2) is 28.7 Å². The van der Waals surface area contributed by atoms with Gasteiger partial charge in [-0.05, 0) is 44.0 Å². The van der Waals surface area contributed by atoms with Gasteiger partial charge in [0, 0.05) is 11.3 Å². The van der Waals surface area contributed by atoms with Crippen LogP contribution in [-0.2, 0) is 0 Å². The molecule has 2 aromatic rings. The normalized spacial score (nSPS) is 23.2. The number of fused-ring (bicyclic) bond motifs is 1. The van der Waals surface area contributed by atoms with Gasteiger partial charge in [-0.2, -0.15) is 0 Å². The highest BCUT2D eigenvalue weighted by Crippen LogP contribution is 2.44. The van der Waals surface area contributed by atoms with Crippen molar-refractivity contribution in [3.63, 3.8) is 0 Å². The Morgan fingerprint density at radius 2 is 2.28 bits per heavy atom. The van der Waals surface area contributed by atoms with Crippen molar-refractivity contribution in [2.75, 3.05) is 13.1 Å². The summed E-state index contributed by atoms with van der Waals surface area (Å²) in [4.78, 5) is 0. The maximum absolute atomic E-state index is 6.15. The van der Waals surface area contributed by atoms with Crippen LogP contribution in [0.1, 0.15) is 31.4 Å². The quantitative estimate of drug-likeness (QED) is 0.895. The maximum atomic E-state index is 6.15. The summed E-state index contributed by atoms with van der Waals surface area (Å²) in [7, 11) is 0. The number of halogens is 1. The van der Waals surface area contributed by atoms with E-state index < -0.39 is 0 Å². The summed E-state index contributed by atoms with van der Waals surface area (Å²) in [5.74, 6) is 2.38. The van der Waals surface area contributed by atoms with Crippen molar-refractivity contribution in [1.82, 2.24) is 5.32 Å². The second kappa shape index (κ2) is 4.94. The molecule has 1 aromatic heterocycles. The summed E-state index contributed by atoms with van der Waals surface area (Å²) in [5.41, 5.74) is 0.836. The molecular formula is C15H18ClNO. The van der Waals surface area contributed by atoms with Crippen molar-refractivity contribution in [2.24, 2.45) is 5.92 Å². The van der Waals surface area contributed by atoms with E-state index in [0.717, 1.165) is 29.8 Å². The van der Waals surface area contributed by atoms with Gasteiger partial charge >= 0.3 is 0 Å². The standard InChI is InChI=1S/C15H18ClNO/c1-2-17-9-11-6-7-12(11)14-8-10-4-3-5-13(16)15(10)18-14/h3-5,8,11-12,17H,2,6-7,9H2,1H3. The van der Waals surface area contributed by atoms with Crippen molar-refractivity contribution in [3.8, 4) is 0 Å². The van der Waals surface area contributed by atoms with E-state index in [1.165, 1.54) is 12.8 Å². The van der Waals surface area contributed by atoms with E-state index in [4.69, 9.17) is 16.0 Å². The lowest BCUT2D eigenvalue weighted by atomic mass is 9.72. The molecule has 1 aliphatic carbocycles. The van der Waals surface area contributed by atoms with Crippen molar-refractivity contribution >= 4 is 22.6 Å². The monoisotopic (exact) mass is 263 g/mol. The smallest absolute Gasteiger partial charge is 0.152 e. The predicted octanol–water partition coefficient (Wildman–Crippen LogP) is 4.19. The van der Waals surface area contributed by atoms with E-state index in [0.29, 0.717) is 16.9 Å². The number of furan rings is 1. The minimum atomic E-state index is 0.563. The minimum Gasteiger partial charge on any atom is -0.459 e. The van der Waals surface area contributed by atoms with Crippen LogP contribution in [0.5, 0.6) is 0 Å². The maximum Gasteiger partial charge on any atom is 0.152 e. The lowest BCUT2D eigenvalue weighted by Crippen LogP contribution is -2.33. The van der Waals surface area contributed by atoms with Gasteiger partial charge in [0.15, 0.2) is 5.58 Å². The second-order valence-corrected chi connectivity index (χ2v) is 5.47. The van der Waals surface area contributed by atoms with Crippen LogP contribution in [0.3, 0.4) is 0 Å². The predicted molar refractivity (Wildman–Crippen MR) is 75.2 cm³/mol. The van der Waals surface area contributed by atoms with Gasteiger partial charge in [-0.1, -0.05) is 30.7 Å². The molecule has 0 spiro atoms. The third-order valence-electron chi connectivity index (χ3n) is 3.95. The highest BCUT2D eigenvalue weighted by atomic mass is 35.5. The van der Waals surface area contributed by atoms with Crippen LogP contribution in [-0.4, -0.2) is 13.1 Å². The Kier molecular flexibility index (Phi) is 3.31. The fraction of sp³-hybridized carbons (Fsp3) is 0.467. The van der Waals surface area contributed by atoms with Gasteiger partial charge in [-0.15, -0.1) is 0 Å². The first-order valence-electron chi connectivity index (χ1n) is 6.68. The molecule has 18 heavy (non-hydrogen) atoms. The fourth-order valence-corrected chi connectivity index (χ4v) is 2.97. The molecule has 1 heterocycles. The molecule has 0 bridgehead atoms. The molecule has 2 atom stereocenters. The van der Waals surface area contributed by atoms with E-state index >= 15 is 0 Å². The molecule has 1 fully saturated rings.